The highest BCUT2D eigenvalue weighted by atomic mass is 16.5. The van der Waals surface area contributed by atoms with E-state index in [4.69, 9.17) is 4.74 Å². The van der Waals surface area contributed by atoms with Gasteiger partial charge in [0.15, 0.2) is 5.78 Å². The molecule has 1 fully saturated rings. The van der Waals surface area contributed by atoms with Crippen molar-refractivity contribution in [1.82, 2.24) is 4.90 Å². The first kappa shape index (κ1) is 15.6. The van der Waals surface area contributed by atoms with Gasteiger partial charge in [0.25, 0.3) is 0 Å². The van der Waals surface area contributed by atoms with Gasteiger partial charge in [-0.1, -0.05) is 0 Å². The Morgan fingerprint density at radius 1 is 1.39 bits per heavy atom. The molecule has 0 amide bonds. The summed E-state index contributed by atoms with van der Waals surface area (Å²) in [6, 6.07) is 0. The predicted octanol–water partition coefficient (Wildman–Crippen LogP) is 1.46. The van der Waals surface area contributed by atoms with Gasteiger partial charge < -0.3 is 14.7 Å². The van der Waals surface area contributed by atoms with Crippen LogP contribution in [0.1, 0.15) is 41.0 Å². The monoisotopic (exact) mass is 257 g/mol. The van der Waals surface area contributed by atoms with E-state index in [0.717, 1.165) is 13.0 Å². The third-order valence-corrected chi connectivity index (χ3v) is 3.69. The molecule has 4 heteroatoms. The summed E-state index contributed by atoms with van der Waals surface area (Å²) < 4.78 is 5.86. The minimum absolute atomic E-state index is 0.105. The third-order valence-electron chi connectivity index (χ3n) is 3.69. The van der Waals surface area contributed by atoms with Crippen LogP contribution in [0.2, 0.25) is 0 Å². The van der Waals surface area contributed by atoms with Crippen molar-refractivity contribution in [3.05, 3.63) is 0 Å². The number of rotatable bonds is 5. The van der Waals surface area contributed by atoms with E-state index in [0.29, 0.717) is 6.54 Å². The van der Waals surface area contributed by atoms with Crippen LogP contribution in [0.25, 0.3) is 0 Å². The highest BCUT2D eigenvalue weighted by molar-refractivity contribution is 5.91. The molecule has 1 rings (SSSR count). The molecule has 0 spiro atoms. The third kappa shape index (κ3) is 3.53. The molecule has 1 aliphatic heterocycles. The quantitative estimate of drug-likeness (QED) is 0.810. The maximum absolute atomic E-state index is 12.3. The summed E-state index contributed by atoms with van der Waals surface area (Å²) in [7, 11) is 1.98. The Bertz CT molecular complexity index is 310. The highest BCUT2D eigenvalue weighted by Crippen LogP contribution is 2.39. The number of hydrogen-bond acceptors (Lipinski definition) is 4. The first-order chi connectivity index (χ1) is 8.06. The molecule has 0 aliphatic carbocycles. The summed E-state index contributed by atoms with van der Waals surface area (Å²) >= 11 is 0. The van der Waals surface area contributed by atoms with Crippen LogP contribution in [-0.2, 0) is 9.53 Å². The van der Waals surface area contributed by atoms with E-state index in [1.807, 2.05) is 34.7 Å². The normalized spacial score (nSPS) is 27.8. The maximum atomic E-state index is 12.3. The van der Waals surface area contributed by atoms with Crippen LogP contribution in [0, 0.1) is 5.92 Å². The molecule has 1 N–H and O–H groups in total. The number of carbonyl (C=O) groups is 1. The summed E-state index contributed by atoms with van der Waals surface area (Å²) in [6.45, 7) is 10.9. The average molecular weight is 257 g/mol. The highest BCUT2D eigenvalue weighted by Gasteiger charge is 2.53. The van der Waals surface area contributed by atoms with Crippen LogP contribution in [0.15, 0.2) is 0 Å². The molecule has 0 radical (unpaired) electrons. The first-order valence-electron chi connectivity index (χ1n) is 6.67. The second-order valence-electron chi connectivity index (χ2n) is 6.53. The Labute approximate surface area is 110 Å². The minimum atomic E-state index is -0.681. The summed E-state index contributed by atoms with van der Waals surface area (Å²) in [4.78, 5) is 14.4. The summed E-state index contributed by atoms with van der Waals surface area (Å²) in [5, 5.41) is 9.28. The summed E-state index contributed by atoms with van der Waals surface area (Å²) in [5.74, 6) is 0.0721. The van der Waals surface area contributed by atoms with Crippen molar-refractivity contribution in [3.8, 4) is 0 Å². The lowest BCUT2D eigenvalue weighted by Gasteiger charge is -2.29. The second-order valence-corrected chi connectivity index (χ2v) is 6.53. The fourth-order valence-corrected chi connectivity index (χ4v) is 2.63. The molecule has 1 aliphatic rings. The van der Waals surface area contributed by atoms with Crippen molar-refractivity contribution in [2.75, 3.05) is 20.1 Å². The van der Waals surface area contributed by atoms with Crippen molar-refractivity contribution < 1.29 is 14.6 Å². The number of hydrogen-bond donors (Lipinski definition) is 1. The van der Waals surface area contributed by atoms with Crippen molar-refractivity contribution in [1.29, 1.82) is 0 Å². The topological polar surface area (TPSA) is 49.8 Å². The van der Waals surface area contributed by atoms with Crippen molar-refractivity contribution in [2.24, 2.45) is 5.92 Å². The SMILES string of the molecule is CC(O)CCN(C)CC1C(=O)C(C)(C)OC1(C)C. The Kier molecular flexibility index (Phi) is 4.57. The van der Waals surface area contributed by atoms with Crippen LogP contribution < -0.4 is 0 Å². The Balaban J connectivity index is 2.63. The summed E-state index contributed by atoms with van der Waals surface area (Å²) in [5.41, 5.74) is -1.10. The Morgan fingerprint density at radius 2 is 1.94 bits per heavy atom. The fraction of sp³-hybridized carbons (Fsp3) is 0.929. The molecule has 1 saturated heterocycles. The van der Waals surface area contributed by atoms with Crippen LogP contribution in [0.4, 0.5) is 0 Å². The van der Waals surface area contributed by atoms with E-state index in [2.05, 4.69) is 4.90 Å². The molecule has 0 bridgehead atoms. The van der Waals surface area contributed by atoms with Crippen molar-refractivity contribution in [2.45, 2.75) is 58.3 Å². The zero-order chi connectivity index (χ0) is 14.1. The minimum Gasteiger partial charge on any atom is -0.393 e. The molecular formula is C14H27NO3. The molecule has 0 saturated carbocycles. The number of aliphatic hydroxyl groups is 1. The van der Waals surface area contributed by atoms with Gasteiger partial charge in [-0.25, -0.2) is 0 Å². The predicted molar refractivity (Wildman–Crippen MR) is 71.5 cm³/mol. The summed E-state index contributed by atoms with van der Waals surface area (Å²) in [6.07, 6.45) is 0.426. The number of ketones is 1. The van der Waals surface area contributed by atoms with Gasteiger partial charge in [0, 0.05) is 13.1 Å². The van der Waals surface area contributed by atoms with Gasteiger partial charge in [-0.3, -0.25) is 4.79 Å². The van der Waals surface area contributed by atoms with Gasteiger partial charge in [-0.2, -0.15) is 0 Å². The van der Waals surface area contributed by atoms with Gasteiger partial charge in [0.05, 0.1) is 17.6 Å². The molecule has 2 atom stereocenters. The molecular weight excluding hydrogens is 230 g/mol. The lowest BCUT2D eigenvalue weighted by atomic mass is 9.85. The van der Waals surface area contributed by atoms with E-state index in [1.165, 1.54) is 0 Å². The average Bonchev–Trinajstić information content (AvgIpc) is 2.33. The van der Waals surface area contributed by atoms with Gasteiger partial charge in [-0.05, 0) is 48.1 Å². The van der Waals surface area contributed by atoms with E-state index in [9.17, 15) is 9.90 Å². The lowest BCUT2D eigenvalue weighted by molar-refractivity contribution is -0.132. The number of ether oxygens (including phenoxy) is 1. The van der Waals surface area contributed by atoms with Gasteiger partial charge in [0.2, 0.25) is 0 Å². The van der Waals surface area contributed by atoms with Crippen LogP contribution >= 0.6 is 0 Å². The Hall–Kier alpha value is -0.450. The molecule has 0 aromatic rings. The molecule has 4 nitrogen and oxygen atoms in total. The molecule has 0 aromatic carbocycles. The fourth-order valence-electron chi connectivity index (χ4n) is 2.63. The van der Waals surface area contributed by atoms with Crippen LogP contribution in [0.3, 0.4) is 0 Å². The smallest absolute Gasteiger partial charge is 0.171 e. The van der Waals surface area contributed by atoms with E-state index >= 15 is 0 Å². The molecule has 0 aromatic heterocycles. The van der Waals surface area contributed by atoms with Gasteiger partial charge >= 0.3 is 0 Å². The number of aliphatic hydroxyl groups excluding tert-OH is 1. The van der Waals surface area contributed by atoms with E-state index < -0.39 is 11.2 Å². The largest absolute Gasteiger partial charge is 0.393 e. The van der Waals surface area contributed by atoms with Gasteiger partial charge in [0.1, 0.15) is 5.60 Å². The number of carbonyl (C=O) groups excluding carboxylic acids is 1. The molecule has 18 heavy (non-hydrogen) atoms. The second kappa shape index (κ2) is 5.27. The molecule has 1 heterocycles. The zero-order valence-electron chi connectivity index (χ0n) is 12.5. The van der Waals surface area contributed by atoms with Crippen molar-refractivity contribution >= 4 is 5.78 Å². The molecule has 106 valence electrons. The van der Waals surface area contributed by atoms with Crippen LogP contribution in [0.5, 0.6) is 0 Å². The van der Waals surface area contributed by atoms with Crippen LogP contribution in [-0.4, -0.2) is 53.2 Å². The van der Waals surface area contributed by atoms with E-state index in [1.54, 1.807) is 6.92 Å². The first-order valence-corrected chi connectivity index (χ1v) is 6.67. The zero-order valence-corrected chi connectivity index (χ0v) is 12.5. The Morgan fingerprint density at radius 3 is 2.33 bits per heavy atom. The van der Waals surface area contributed by atoms with Crippen molar-refractivity contribution in [3.63, 3.8) is 0 Å². The lowest BCUT2D eigenvalue weighted by Crippen LogP contribution is -2.40. The number of nitrogens with zero attached hydrogens (tertiary/aromatic N) is 1. The number of Topliss-reactive ketones (excluding diaryl/α,β-unsaturated/α-hetero) is 1. The maximum Gasteiger partial charge on any atom is 0.171 e. The molecule has 2 unspecified atom stereocenters. The van der Waals surface area contributed by atoms with E-state index in [-0.39, 0.29) is 17.8 Å². The van der Waals surface area contributed by atoms with Gasteiger partial charge in [-0.15, -0.1) is 0 Å². The standard InChI is InChI=1S/C14H27NO3/c1-10(16)7-8-15(6)9-11-12(17)14(4,5)18-13(11,2)3/h10-11,16H,7-9H2,1-6H3.